The van der Waals surface area contributed by atoms with Gasteiger partial charge in [0.05, 0.1) is 10.2 Å². The molecule has 0 atom stereocenters. The number of amides is 1. The molecular formula is C17H17BrN2OS. The number of benzene rings is 1. The first-order valence-electron chi connectivity index (χ1n) is 7.16. The summed E-state index contributed by atoms with van der Waals surface area (Å²) in [6.07, 6.45) is 0. The van der Waals surface area contributed by atoms with Crippen LogP contribution in [-0.4, -0.2) is 16.5 Å². The zero-order valence-electron chi connectivity index (χ0n) is 12.5. The van der Waals surface area contributed by atoms with Crippen LogP contribution in [0.4, 0.5) is 0 Å². The number of hydrogen-bond donors (Lipinski definition) is 1. The van der Waals surface area contributed by atoms with Gasteiger partial charge in [0.1, 0.15) is 5.69 Å². The van der Waals surface area contributed by atoms with E-state index in [0.717, 1.165) is 20.4 Å². The molecule has 0 bridgehead atoms. The van der Waals surface area contributed by atoms with Crippen molar-refractivity contribution in [2.24, 2.45) is 0 Å². The number of carbonyl (C=O) groups excluding carboxylic acids is 1. The second-order valence-corrected chi connectivity index (χ2v) is 7.40. The molecule has 1 N–H and O–H groups in total. The summed E-state index contributed by atoms with van der Waals surface area (Å²) < 4.78 is 4.29. The summed E-state index contributed by atoms with van der Waals surface area (Å²) in [5.41, 5.74) is 3.01. The van der Waals surface area contributed by atoms with Gasteiger partial charge in [0, 0.05) is 17.1 Å². The van der Waals surface area contributed by atoms with Crippen LogP contribution in [0.15, 0.2) is 46.3 Å². The third-order valence-electron chi connectivity index (χ3n) is 3.43. The van der Waals surface area contributed by atoms with E-state index in [1.165, 1.54) is 5.56 Å². The van der Waals surface area contributed by atoms with Gasteiger partial charge in [-0.25, -0.2) is 0 Å². The highest BCUT2D eigenvalue weighted by Gasteiger charge is 2.17. The molecule has 2 heterocycles. The van der Waals surface area contributed by atoms with Gasteiger partial charge in [-0.1, -0.05) is 28.1 Å². The first kappa shape index (κ1) is 15.3. The first-order valence-corrected chi connectivity index (χ1v) is 8.84. The lowest BCUT2D eigenvalue weighted by Gasteiger charge is -2.12. The largest absolute Gasteiger partial charge is 0.349 e. The zero-order chi connectivity index (χ0) is 15.7. The first-order chi connectivity index (χ1) is 10.5. The van der Waals surface area contributed by atoms with Crippen molar-refractivity contribution in [2.45, 2.75) is 26.4 Å². The molecule has 0 unspecified atom stereocenters. The number of thiophene rings is 1. The Balaban J connectivity index is 2.00. The Bertz CT molecular complexity index is 802. The second-order valence-electron chi connectivity index (χ2n) is 5.54. The van der Waals surface area contributed by atoms with Crippen molar-refractivity contribution >= 4 is 43.4 Å². The molecule has 0 fully saturated rings. The van der Waals surface area contributed by atoms with E-state index in [-0.39, 0.29) is 11.9 Å². The molecule has 0 aliphatic rings. The minimum absolute atomic E-state index is 0.0180. The molecule has 22 heavy (non-hydrogen) atoms. The van der Waals surface area contributed by atoms with Gasteiger partial charge in [-0.15, -0.1) is 11.3 Å². The van der Waals surface area contributed by atoms with E-state index >= 15 is 0 Å². The van der Waals surface area contributed by atoms with Crippen molar-refractivity contribution in [3.05, 3.63) is 57.5 Å². The molecular weight excluding hydrogens is 360 g/mol. The Hall–Kier alpha value is -1.59. The minimum Gasteiger partial charge on any atom is -0.349 e. The summed E-state index contributed by atoms with van der Waals surface area (Å²) in [7, 11) is 0. The number of nitrogens with one attached hydrogen (secondary N) is 1. The number of halogens is 1. The number of aromatic nitrogens is 1. The molecule has 0 spiro atoms. The molecule has 1 amide bonds. The van der Waals surface area contributed by atoms with E-state index in [0.29, 0.717) is 6.54 Å². The van der Waals surface area contributed by atoms with Gasteiger partial charge in [-0.2, -0.15) is 0 Å². The summed E-state index contributed by atoms with van der Waals surface area (Å²) in [4.78, 5) is 12.5. The molecule has 5 heteroatoms. The lowest BCUT2D eigenvalue weighted by Crippen LogP contribution is -2.31. The summed E-state index contributed by atoms with van der Waals surface area (Å²) in [5.74, 6) is -0.0180. The molecule has 0 aliphatic heterocycles. The number of fused-ring (bicyclic) bond motifs is 1. The van der Waals surface area contributed by atoms with E-state index in [1.807, 2.05) is 32.0 Å². The quantitative estimate of drug-likeness (QED) is 0.706. The SMILES string of the molecule is CC(C)NC(=O)c1cc2sccc2n1Cc1ccc(Br)cc1. The van der Waals surface area contributed by atoms with Gasteiger partial charge in [-0.3, -0.25) is 4.79 Å². The van der Waals surface area contributed by atoms with Crippen molar-refractivity contribution in [3.63, 3.8) is 0 Å². The van der Waals surface area contributed by atoms with Crippen LogP contribution in [0.2, 0.25) is 0 Å². The molecule has 0 radical (unpaired) electrons. The topological polar surface area (TPSA) is 34.0 Å². The molecule has 3 nitrogen and oxygen atoms in total. The van der Waals surface area contributed by atoms with Crippen LogP contribution < -0.4 is 5.32 Å². The number of nitrogens with zero attached hydrogens (tertiary/aromatic N) is 1. The smallest absolute Gasteiger partial charge is 0.268 e. The van der Waals surface area contributed by atoms with Crippen LogP contribution in [0.1, 0.15) is 29.9 Å². The van der Waals surface area contributed by atoms with Crippen LogP contribution in [0.25, 0.3) is 10.2 Å². The maximum absolute atomic E-state index is 12.5. The molecule has 3 aromatic rings. The number of carbonyl (C=O) groups is 1. The predicted octanol–water partition coefficient (Wildman–Crippen LogP) is 4.65. The Labute approximate surface area is 142 Å². The van der Waals surface area contributed by atoms with Crippen LogP contribution in [0.5, 0.6) is 0 Å². The molecule has 114 valence electrons. The van der Waals surface area contributed by atoms with Crippen LogP contribution in [-0.2, 0) is 6.54 Å². The average Bonchev–Trinajstić information content (AvgIpc) is 3.03. The number of rotatable bonds is 4. The minimum atomic E-state index is -0.0180. The van der Waals surface area contributed by atoms with Gasteiger partial charge in [0.25, 0.3) is 5.91 Å². The van der Waals surface area contributed by atoms with Crippen molar-refractivity contribution in [3.8, 4) is 0 Å². The molecule has 0 aliphatic carbocycles. The second kappa shape index (κ2) is 6.26. The zero-order valence-corrected chi connectivity index (χ0v) is 14.9. The van der Waals surface area contributed by atoms with Gasteiger partial charge in [-0.05, 0) is 49.1 Å². The molecule has 0 saturated heterocycles. The highest BCUT2D eigenvalue weighted by atomic mass is 79.9. The lowest BCUT2D eigenvalue weighted by atomic mass is 10.2. The summed E-state index contributed by atoms with van der Waals surface area (Å²) in [6.45, 7) is 4.64. The Kier molecular flexibility index (Phi) is 4.36. The third kappa shape index (κ3) is 3.10. The molecule has 0 saturated carbocycles. The van der Waals surface area contributed by atoms with Gasteiger partial charge < -0.3 is 9.88 Å². The van der Waals surface area contributed by atoms with Crippen LogP contribution in [0, 0.1) is 0 Å². The fraction of sp³-hybridized carbons (Fsp3) is 0.235. The van der Waals surface area contributed by atoms with E-state index < -0.39 is 0 Å². The Morgan fingerprint density at radius 1 is 1.27 bits per heavy atom. The fourth-order valence-corrected chi connectivity index (χ4v) is 3.53. The standard InChI is InChI=1S/C17H17BrN2OS/c1-11(2)19-17(21)15-9-16-14(7-8-22-16)20(15)10-12-3-5-13(18)6-4-12/h3-9,11H,10H2,1-2H3,(H,19,21). The Morgan fingerprint density at radius 3 is 2.68 bits per heavy atom. The summed E-state index contributed by atoms with van der Waals surface area (Å²) in [6, 6.07) is 12.4. The van der Waals surface area contributed by atoms with Crippen molar-refractivity contribution < 1.29 is 4.79 Å². The van der Waals surface area contributed by atoms with Crippen molar-refractivity contribution in [1.29, 1.82) is 0 Å². The van der Waals surface area contributed by atoms with E-state index in [9.17, 15) is 4.79 Å². The van der Waals surface area contributed by atoms with Gasteiger partial charge in [0.2, 0.25) is 0 Å². The number of hydrogen-bond acceptors (Lipinski definition) is 2. The molecule has 1 aromatic carbocycles. The van der Waals surface area contributed by atoms with E-state index in [2.05, 4.69) is 49.4 Å². The van der Waals surface area contributed by atoms with Crippen molar-refractivity contribution in [1.82, 2.24) is 9.88 Å². The Morgan fingerprint density at radius 2 is 2.00 bits per heavy atom. The normalized spacial score (nSPS) is 11.3. The fourth-order valence-electron chi connectivity index (χ4n) is 2.44. The maximum atomic E-state index is 12.5. The highest BCUT2D eigenvalue weighted by molar-refractivity contribution is 9.10. The van der Waals surface area contributed by atoms with Gasteiger partial charge in [0.15, 0.2) is 0 Å². The lowest BCUT2D eigenvalue weighted by molar-refractivity contribution is 0.0934. The monoisotopic (exact) mass is 376 g/mol. The maximum Gasteiger partial charge on any atom is 0.268 e. The van der Waals surface area contributed by atoms with Crippen LogP contribution in [0.3, 0.4) is 0 Å². The van der Waals surface area contributed by atoms with Crippen molar-refractivity contribution in [2.75, 3.05) is 0 Å². The summed E-state index contributed by atoms with van der Waals surface area (Å²) >= 11 is 5.12. The highest BCUT2D eigenvalue weighted by Crippen LogP contribution is 2.26. The average molecular weight is 377 g/mol. The van der Waals surface area contributed by atoms with Gasteiger partial charge >= 0.3 is 0 Å². The molecule has 2 aromatic heterocycles. The summed E-state index contributed by atoms with van der Waals surface area (Å²) in [5, 5.41) is 5.04. The van der Waals surface area contributed by atoms with Crippen LogP contribution >= 0.6 is 27.3 Å². The van der Waals surface area contributed by atoms with E-state index in [4.69, 9.17) is 0 Å². The van der Waals surface area contributed by atoms with E-state index in [1.54, 1.807) is 11.3 Å². The third-order valence-corrected chi connectivity index (χ3v) is 4.81. The molecule has 3 rings (SSSR count). The predicted molar refractivity (Wildman–Crippen MR) is 95.7 cm³/mol.